The number of esters is 1. The summed E-state index contributed by atoms with van der Waals surface area (Å²) in [5.74, 6) is 0.277. The molecule has 0 fully saturated rings. The molecule has 128 valence electrons. The molecule has 0 saturated carbocycles. The van der Waals surface area contributed by atoms with Gasteiger partial charge in [0.1, 0.15) is 4.88 Å². The van der Waals surface area contributed by atoms with Gasteiger partial charge in [0.15, 0.2) is 11.5 Å². The molecule has 0 atom stereocenters. The summed E-state index contributed by atoms with van der Waals surface area (Å²) in [4.78, 5) is 24.3. The van der Waals surface area contributed by atoms with E-state index in [1.54, 1.807) is 41.8 Å². The summed E-state index contributed by atoms with van der Waals surface area (Å²) in [5, 5.41) is 4.93. The van der Waals surface area contributed by atoms with Crippen LogP contribution in [0.15, 0.2) is 45.0 Å². The third-order valence-corrected chi connectivity index (χ3v) is 4.17. The van der Waals surface area contributed by atoms with Crippen LogP contribution in [0.2, 0.25) is 0 Å². The zero-order valence-corrected chi connectivity index (χ0v) is 14.2. The van der Waals surface area contributed by atoms with E-state index in [9.17, 15) is 9.59 Å². The average molecular weight is 357 g/mol. The summed E-state index contributed by atoms with van der Waals surface area (Å²) in [6.07, 6.45) is 1.62. The van der Waals surface area contributed by atoms with Crippen LogP contribution in [0, 0.1) is 0 Å². The third-order valence-electron chi connectivity index (χ3n) is 3.32. The van der Waals surface area contributed by atoms with Gasteiger partial charge in [-0.05, 0) is 42.1 Å². The van der Waals surface area contributed by atoms with Gasteiger partial charge in [-0.15, -0.1) is 11.3 Å². The second kappa shape index (κ2) is 7.23. The van der Waals surface area contributed by atoms with Gasteiger partial charge < -0.3 is 14.0 Å². The Balaban J connectivity index is 1.96. The summed E-state index contributed by atoms with van der Waals surface area (Å²) >= 11 is 1.30. The quantitative estimate of drug-likeness (QED) is 0.557. The van der Waals surface area contributed by atoms with E-state index in [1.807, 2.05) is 6.92 Å². The first-order valence-electron chi connectivity index (χ1n) is 7.49. The Kier molecular flexibility index (Phi) is 4.85. The van der Waals surface area contributed by atoms with Gasteiger partial charge in [0.25, 0.3) is 0 Å². The molecule has 0 aliphatic heterocycles. The smallest absolute Gasteiger partial charge is 0.365 e. The first-order chi connectivity index (χ1) is 12.1. The Morgan fingerprint density at radius 2 is 2.20 bits per heavy atom. The number of rotatable bonds is 5. The highest BCUT2D eigenvalue weighted by Gasteiger charge is 2.14. The SMILES string of the molecule is C=c1[nH]oc(=O)/c1=C/c1ccc(OC(=O)c2cccs2)c(OCC)c1. The highest BCUT2D eigenvalue weighted by Crippen LogP contribution is 2.30. The average Bonchev–Trinajstić information content (AvgIpc) is 3.23. The van der Waals surface area contributed by atoms with Crippen LogP contribution in [0.1, 0.15) is 22.2 Å². The van der Waals surface area contributed by atoms with Gasteiger partial charge in [0.05, 0.1) is 17.2 Å². The van der Waals surface area contributed by atoms with Crippen molar-refractivity contribution in [1.82, 2.24) is 5.16 Å². The largest absolute Gasteiger partial charge is 0.490 e. The third kappa shape index (κ3) is 3.72. The van der Waals surface area contributed by atoms with Gasteiger partial charge in [-0.3, -0.25) is 0 Å². The van der Waals surface area contributed by atoms with E-state index >= 15 is 0 Å². The van der Waals surface area contributed by atoms with Gasteiger partial charge in [-0.2, -0.15) is 0 Å². The van der Waals surface area contributed by atoms with Gasteiger partial charge >= 0.3 is 11.6 Å². The number of aromatic nitrogens is 1. The van der Waals surface area contributed by atoms with Crippen molar-refractivity contribution in [1.29, 1.82) is 0 Å². The molecular weight excluding hydrogens is 342 g/mol. The lowest BCUT2D eigenvalue weighted by molar-refractivity contribution is 0.0733. The topological polar surface area (TPSA) is 81.5 Å². The van der Waals surface area contributed by atoms with Crippen LogP contribution in [0.25, 0.3) is 12.7 Å². The van der Waals surface area contributed by atoms with Crippen LogP contribution in [0.4, 0.5) is 0 Å². The van der Waals surface area contributed by atoms with Gasteiger partial charge in [-0.25, -0.2) is 14.7 Å². The van der Waals surface area contributed by atoms with Crippen molar-refractivity contribution in [2.24, 2.45) is 0 Å². The number of nitrogens with one attached hydrogen (secondary N) is 1. The summed E-state index contributed by atoms with van der Waals surface area (Å²) < 4.78 is 15.7. The molecule has 0 amide bonds. The molecule has 3 aromatic rings. The highest BCUT2D eigenvalue weighted by atomic mass is 32.1. The molecule has 3 rings (SSSR count). The Labute approximate surface area is 146 Å². The van der Waals surface area contributed by atoms with Crippen LogP contribution in [-0.4, -0.2) is 17.7 Å². The van der Waals surface area contributed by atoms with E-state index in [0.29, 0.717) is 39.1 Å². The lowest BCUT2D eigenvalue weighted by Crippen LogP contribution is -2.31. The second-order valence-corrected chi connectivity index (χ2v) is 5.98. The molecule has 0 unspecified atom stereocenters. The summed E-state index contributed by atoms with van der Waals surface area (Å²) in [6, 6.07) is 8.50. The summed E-state index contributed by atoms with van der Waals surface area (Å²) in [5.41, 5.74) is 0.187. The maximum Gasteiger partial charge on any atom is 0.365 e. The van der Waals surface area contributed by atoms with E-state index in [1.165, 1.54) is 11.3 Å². The van der Waals surface area contributed by atoms with Crippen LogP contribution in [0.5, 0.6) is 11.5 Å². The predicted molar refractivity (Wildman–Crippen MR) is 94.6 cm³/mol. The zero-order valence-electron chi connectivity index (χ0n) is 13.4. The summed E-state index contributed by atoms with van der Waals surface area (Å²) in [7, 11) is 0. The number of aromatic amines is 1. The van der Waals surface area contributed by atoms with Crippen LogP contribution in [0.3, 0.4) is 0 Å². The zero-order chi connectivity index (χ0) is 17.8. The molecule has 2 aromatic heterocycles. The van der Waals surface area contributed by atoms with Gasteiger partial charge in [-0.1, -0.05) is 18.7 Å². The van der Waals surface area contributed by atoms with E-state index in [2.05, 4.69) is 16.3 Å². The molecule has 0 bridgehead atoms. The van der Waals surface area contributed by atoms with Crippen LogP contribution < -0.4 is 25.7 Å². The molecule has 0 aliphatic rings. The Morgan fingerprint density at radius 3 is 2.84 bits per heavy atom. The fourth-order valence-corrected chi connectivity index (χ4v) is 2.76. The molecule has 0 aliphatic carbocycles. The van der Waals surface area contributed by atoms with Crippen molar-refractivity contribution in [3.8, 4) is 11.5 Å². The molecule has 0 spiro atoms. The lowest BCUT2D eigenvalue weighted by Gasteiger charge is -2.10. The van der Waals surface area contributed by atoms with E-state index < -0.39 is 11.6 Å². The Morgan fingerprint density at radius 1 is 1.36 bits per heavy atom. The predicted octanol–water partition coefficient (Wildman–Crippen LogP) is 1.89. The number of thiophene rings is 1. The van der Waals surface area contributed by atoms with E-state index in [4.69, 9.17) is 9.47 Å². The van der Waals surface area contributed by atoms with Crippen molar-refractivity contribution >= 4 is 30.0 Å². The number of benzene rings is 1. The van der Waals surface area contributed by atoms with Gasteiger partial charge in [0, 0.05) is 0 Å². The first kappa shape index (κ1) is 16.8. The van der Waals surface area contributed by atoms with Crippen molar-refractivity contribution in [2.45, 2.75) is 6.92 Å². The number of hydrogen-bond acceptors (Lipinski definition) is 6. The minimum atomic E-state index is -0.504. The molecule has 1 aromatic carbocycles. The minimum absolute atomic E-state index is 0.313. The number of carbonyl (C=O) groups is 1. The number of hydrogen-bond donors (Lipinski definition) is 1. The molecule has 25 heavy (non-hydrogen) atoms. The fourth-order valence-electron chi connectivity index (χ4n) is 2.17. The second-order valence-electron chi connectivity index (χ2n) is 5.03. The number of H-pyrrole nitrogens is 1. The molecule has 7 heteroatoms. The van der Waals surface area contributed by atoms with Crippen LogP contribution >= 0.6 is 11.3 Å². The standard InChI is InChI=1S/C18H15NO5S/c1-3-22-15-10-12(9-13-11(2)19-24-17(13)20)6-7-14(15)23-18(21)16-5-4-8-25-16/h4-10,19H,2-3H2,1H3/b13-9+. The Hall–Kier alpha value is -3.06. The molecule has 6 nitrogen and oxygen atoms in total. The summed E-state index contributed by atoms with van der Waals surface area (Å²) in [6.45, 7) is 5.93. The maximum atomic E-state index is 12.1. The molecular formula is C18H15NO5S. The lowest BCUT2D eigenvalue weighted by atomic mass is 10.1. The molecule has 2 heterocycles. The van der Waals surface area contributed by atoms with Crippen LogP contribution in [-0.2, 0) is 0 Å². The highest BCUT2D eigenvalue weighted by molar-refractivity contribution is 7.12. The first-order valence-corrected chi connectivity index (χ1v) is 8.37. The molecule has 0 radical (unpaired) electrons. The van der Waals surface area contributed by atoms with E-state index in [0.717, 1.165) is 0 Å². The minimum Gasteiger partial charge on any atom is -0.490 e. The monoisotopic (exact) mass is 357 g/mol. The Bertz CT molecular complexity index is 1020. The van der Waals surface area contributed by atoms with Crippen molar-refractivity contribution in [3.05, 3.63) is 67.1 Å². The molecule has 0 saturated heterocycles. The van der Waals surface area contributed by atoms with Gasteiger partial charge in [0.2, 0.25) is 0 Å². The maximum absolute atomic E-state index is 12.1. The number of carbonyl (C=O) groups excluding carboxylic acids is 1. The molecule has 1 N–H and O–H groups in total. The van der Waals surface area contributed by atoms with E-state index in [-0.39, 0.29) is 0 Å². The van der Waals surface area contributed by atoms with Crippen molar-refractivity contribution in [3.63, 3.8) is 0 Å². The van der Waals surface area contributed by atoms with Crippen molar-refractivity contribution < 1.29 is 18.8 Å². The van der Waals surface area contributed by atoms with Crippen molar-refractivity contribution in [2.75, 3.05) is 6.61 Å². The normalized spacial score (nSPS) is 11.5. The number of ether oxygens (including phenoxy) is 2. The fraction of sp³-hybridized carbons (Fsp3) is 0.111.